The topological polar surface area (TPSA) is 68.3 Å². The summed E-state index contributed by atoms with van der Waals surface area (Å²) in [5.74, 6) is 0.249. The Morgan fingerprint density at radius 1 is 1.33 bits per heavy atom. The number of nitrogens with zero attached hydrogens (tertiary/aromatic N) is 2. The van der Waals surface area contributed by atoms with Gasteiger partial charge in [-0.2, -0.15) is 0 Å². The maximum atomic E-state index is 11.1. The molecular weight excluding hydrogens is 315 g/mol. The maximum absolute atomic E-state index is 11.1. The van der Waals surface area contributed by atoms with Crippen molar-refractivity contribution in [1.29, 1.82) is 0 Å². The van der Waals surface area contributed by atoms with E-state index in [4.69, 9.17) is 32.7 Å². The van der Waals surface area contributed by atoms with Gasteiger partial charge in [0, 0.05) is 0 Å². The summed E-state index contributed by atoms with van der Waals surface area (Å²) in [6, 6.07) is 5.03. The minimum Gasteiger partial charge on any atom is -0.480 e. The Bertz CT molecular complexity index is 851. The third-order valence-electron chi connectivity index (χ3n) is 3.07. The van der Waals surface area contributed by atoms with Crippen LogP contribution in [0.1, 0.15) is 5.76 Å². The molecule has 0 atom stereocenters. The van der Waals surface area contributed by atoms with Gasteiger partial charge in [0.2, 0.25) is 0 Å². The van der Waals surface area contributed by atoms with Crippen LogP contribution in [0.25, 0.3) is 22.4 Å². The van der Waals surface area contributed by atoms with Crippen molar-refractivity contribution in [1.82, 2.24) is 9.55 Å². The van der Waals surface area contributed by atoms with Gasteiger partial charge in [0.25, 0.3) is 0 Å². The number of imidazole rings is 1. The second-order valence-electron chi connectivity index (χ2n) is 4.62. The Balaban J connectivity index is 2.29. The van der Waals surface area contributed by atoms with Crippen molar-refractivity contribution in [3.05, 3.63) is 40.3 Å². The molecule has 3 rings (SSSR count). The number of rotatable bonds is 3. The Morgan fingerprint density at radius 3 is 2.67 bits per heavy atom. The van der Waals surface area contributed by atoms with E-state index in [2.05, 4.69) is 4.98 Å². The van der Waals surface area contributed by atoms with Crippen LogP contribution in [0.15, 0.2) is 28.9 Å². The lowest BCUT2D eigenvalue weighted by atomic mass is 10.3. The predicted octanol–water partition coefficient (Wildman–Crippen LogP) is 4.00. The first kappa shape index (κ1) is 14.0. The highest BCUT2D eigenvalue weighted by molar-refractivity contribution is 6.42. The molecule has 0 fully saturated rings. The van der Waals surface area contributed by atoms with E-state index in [1.54, 1.807) is 29.7 Å². The number of hydrogen-bond donors (Lipinski definition) is 1. The largest absolute Gasteiger partial charge is 0.480 e. The number of carboxylic acid groups (broad SMARTS) is 1. The molecule has 5 nitrogen and oxygen atoms in total. The van der Waals surface area contributed by atoms with Crippen molar-refractivity contribution in [3.63, 3.8) is 0 Å². The van der Waals surface area contributed by atoms with Crippen LogP contribution in [0.5, 0.6) is 0 Å². The molecule has 0 spiro atoms. The van der Waals surface area contributed by atoms with E-state index in [9.17, 15) is 4.79 Å². The second kappa shape index (κ2) is 5.09. The highest BCUT2D eigenvalue weighted by Crippen LogP contribution is 2.31. The molecule has 0 radical (unpaired) electrons. The minimum absolute atomic E-state index is 0.228. The molecule has 0 saturated heterocycles. The van der Waals surface area contributed by atoms with Crippen LogP contribution >= 0.6 is 23.2 Å². The number of carbonyl (C=O) groups is 1. The standard InChI is InChI=1S/C14H10Cl2N2O3/c1-7-2-8(6-21-7)14-17-11-3-9(15)10(16)4-12(11)18(14)5-13(19)20/h2-4,6H,5H2,1H3,(H,19,20). The van der Waals surface area contributed by atoms with Crippen LogP contribution in [0.3, 0.4) is 0 Å². The van der Waals surface area contributed by atoms with E-state index in [-0.39, 0.29) is 6.54 Å². The molecule has 7 heteroatoms. The quantitative estimate of drug-likeness (QED) is 0.790. The number of furan rings is 1. The molecular formula is C14H10Cl2N2O3. The molecule has 0 unspecified atom stereocenters. The first-order chi connectivity index (χ1) is 9.95. The number of aryl methyl sites for hydroxylation is 1. The Kier molecular flexibility index (Phi) is 3.39. The van der Waals surface area contributed by atoms with E-state index < -0.39 is 5.97 Å². The van der Waals surface area contributed by atoms with Crippen molar-refractivity contribution in [2.24, 2.45) is 0 Å². The molecule has 1 aromatic carbocycles. The van der Waals surface area contributed by atoms with Crippen LogP contribution in [-0.4, -0.2) is 20.6 Å². The lowest BCUT2D eigenvalue weighted by Gasteiger charge is -2.05. The third kappa shape index (κ3) is 2.50. The maximum Gasteiger partial charge on any atom is 0.323 e. The first-order valence-electron chi connectivity index (χ1n) is 6.08. The zero-order valence-corrected chi connectivity index (χ0v) is 12.4. The number of hydrogen-bond acceptors (Lipinski definition) is 3. The highest BCUT2D eigenvalue weighted by Gasteiger charge is 2.17. The third-order valence-corrected chi connectivity index (χ3v) is 3.79. The molecule has 1 N–H and O–H groups in total. The van der Waals surface area contributed by atoms with Gasteiger partial charge < -0.3 is 14.1 Å². The highest BCUT2D eigenvalue weighted by atomic mass is 35.5. The molecule has 0 saturated carbocycles. The number of aliphatic carboxylic acids is 1. The van der Waals surface area contributed by atoms with E-state index in [1.165, 1.54) is 6.26 Å². The lowest BCUT2D eigenvalue weighted by Crippen LogP contribution is -2.09. The van der Waals surface area contributed by atoms with Crippen molar-refractivity contribution in [2.75, 3.05) is 0 Å². The van der Waals surface area contributed by atoms with E-state index in [1.807, 2.05) is 0 Å². The number of fused-ring (bicyclic) bond motifs is 1. The van der Waals surface area contributed by atoms with Gasteiger partial charge in [-0.3, -0.25) is 4.79 Å². The normalized spacial score (nSPS) is 11.2. The summed E-state index contributed by atoms with van der Waals surface area (Å²) in [4.78, 5) is 15.6. The van der Waals surface area contributed by atoms with E-state index in [0.29, 0.717) is 32.5 Å². The van der Waals surface area contributed by atoms with Crippen molar-refractivity contribution in [2.45, 2.75) is 13.5 Å². The summed E-state index contributed by atoms with van der Waals surface area (Å²) in [5.41, 5.74) is 1.90. The second-order valence-corrected chi connectivity index (χ2v) is 5.43. The predicted molar refractivity (Wildman–Crippen MR) is 79.8 cm³/mol. The van der Waals surface area contributed by atoms with Gasteiger partial charge in [0.05, 0.1) is 26.6 Å². The number of benzene rings is 1. The zero-order chi connectivity index (χ0) is 15.1. The molecule has 0 bridgehead atoms. The fourth-order valence-corrected chi connectivity index (χ4v) is 2.51. The molecule has 3 aromatic rings. The first-order valence-corrected chi connectivity index (χ1v) is 6.84. The average Bonchev–Trinajstić information content (AvgIpc) is 2.95. The molecule has 0 aliphatic carbocycles. The minimum atomic E-state index is -0.971. The fraction of sp³-hybridized carbons (Fsp3) is 0.143. The fourth-order valence-electron chi connectivity index (χ4n) is 2.20. The Morgan fingerprint density at radius 2 is 2.05 bits per heavy atom. The van der Waals surface area contributed by atoms with Crippen LogP contribution in [0, 0.1) is 6.92 Å². The van der Waals surface area contributed by atoms with E-state index >= 15 is 0 Å². The van der Waals surface area contributed by atoms with E-state index in [0.717, 1.165) is 5.76 Å². The van der Waals surface area contributed by atoms with Gasteiger partial charge in [-0.05, 0) is 25.1 Å². The average molecular weight is 325 g/mol. The van der Waals surface area contributed by atoms with Crippen LogP contribution in [0.2, 0.25) is 10.0 Å². The Hall–Kier alpha value is -1.98. The molecule has 0 aliphatic heterocycles. The molecule has 0 aliphatic rings. The van der Waals surface area contributed by atoms with Gasteiger partial charge in [-0.15, -0.1) is 0 Å². The van der Waals surface area contributed by atoms with Gasteiger partial charge in [0.15, 0.2) is 0 Å². The summed E-state index contributed by atoms with van der Waals surface area (Å²) >= 11 is 12.0. The SMILES string of the molecule is Cc1cc(-c2nc3cc(Cl)c(Cl)cc3n2CC(=O)O)co1. The van der Waals surface area contributed by atoms with Crippen molar-refractivity contribution in [3.8, 4) is 11.4 Å². The number of carboxylic acids is 1. The molecule has 2 aromatic heterocycles. The molecule has 0 amide bonds. The smallest absolute Gasteiger partial charge is 0.323 e. The summed E-state index contributed by atoms with van der Waals surface area (Å²) in [7, 11) is 0. The summed E-state index contributed by atoms with van der Waals surface area (Å²) in [6.07, 6.45) is 1.54. The molecule has 108 valence electrons. The number of halogens is 2. The van der Waals surface area contributed by atoms with Gasteiger partial charge in [-0.1, -0.05) is 23.2 Å². The van der Waals surface area contributed by atoms with Gasteiger partial charge in [-0.25, -0.2) is 4.98 Å². The van der Waals surface area contributed by atoms with Crippen molar-refractivity contribution >= 4 is 40.2 Å². The molecule has 2 heterocycles. The Labute approximate surface area is 129 Å². The van der Waals surface area contributed by atoms with Crippen LogP contribution < -0.4 is 0 Å². The summed E-state index contributed by atoms with van der Waals surface area (Å²) in [6.45, 7) is 1.58. The monoisotopic (exact) mass is 324 g/mol. The zero-order valence-electron chi connectivity index (χ0n) is 10.9. The van der Waals surface area contributed by atoms with Crippen molar-refractivity contribution < 1.29 is 14.3 Å². The molecule has 21 heavy (non-hydrogen) atoms. The summed E-state index contributed by atoms with van der Waals surface area (Å²) < 4.78 is 6.84. The van der Waals surface area contributed by atoms with Gasteiger partial charge in [0.1, 0.15) is 24.4 Å². The van der Waals surface area contributed by atoms with Crippen LogP contribution in [-0.2, 0) is 11.3 Å². The lowest BCUT2D eigenvalue weighted by molar-refractivity contribution is -0.137. The summed E-state index contributed by atoms with van der Waals surface area (Å²) in [5, 5.41) is 9.84. The van der Waals surface area contributed by atoms with Crippen LogP contribution in [0.4, 0.5) is 0 Å². The van der Waals surface area contributed by atoms with Gasteiger partial charge >= 0.3 is 5.97 Å². The number of aromatic nitrogens is 2.